The first-order chi connectivity index (χ1) is 3.84. The molecule has 3 fully saturated rings. The summed E-state index contributed by atoms with van der Waals surface area (Å²) in [7, 11) is 0. The van der Waals surface area contributed by atoms with Gasteiger partial charge in [-0.2, -0.15) is 0 Å². The standard InChI is InChI=1S/C8H14/c1-3-6-7-4-8(6)5(7)2/h5-8H,3-4H2,1-2H3. The highest BCUT2D eigenvalue weighted by atomic mass is 14.6. The van der Waals surface area contributed by atoms with Crippen LogP contribution in [-0.4, -0.2) is 0 Å². The van der Waals surface area contributed by atoms with Crippen molar-refractivity contribution in [2.24, 2.45) is 23.7 Å². The number of hydrogen-bond acceptors (Lipinski definition) is 0. The van der Waals surface area contributed by atoms with Gasteiger partial charge in [0, 0.05) is 0 Å². The van der Waals surface area contributed by atoms with E-state index in [0.717, 1.165) is 23.7 Å². The van der Waals surface area contributed by atoms with Crippen LogP contribution in [0.2, 0.25) is 0 Å². The van der Waals surface area contributed by atoms with Gasteiger partial charge >= 0.3 is 0 Å². The van der Waals surface area contributed by atoms with Crippen molar-refractivity contribution >= 4 is 0 Å². The summed E-state index contributed by atoms with van der Waals surface area (Å²) in [5.41, 5.74) is 0. The van der Waals surface area contributed by atoms with E-state index in [0.29, 0.717) is 0 Å². The molecular weight excluding hydrogens is 96.1 g/mol. The fourth-order valence-electron chi connectivity index (χ4n) is 2.58. The zero-order valence-corrected chi connectivity index (χ0v) is 5.72. The quantitative estimate of drug-likeness (QED) is 0.486. The molecule has 3 rings (SSSR count). The molecular formula is C8H14. The monoisotopic (exact) mass is 110 g/mol. The lowest BCUT2D eigenvalue weighted by Gasteiger charge is -2.64. The Bertz CT molecular complexity index is 92.6. The lowest BCUT2D eigenvalue weighted by Crippen LogP contribution is -2.57. The third-order valence-corrected chi connectivity index (χ3v) is 3.47. The molecule has 0 spiro atoms. The molecule has 3 saturated carbocycles. The fourth-order valence-corrected chi connectivity index (χ4v) is 2.58. The molecule has 2 unspecified atom stereocenters. The van der Waals surface area contributed by atoms with E-state index in [-0.39, 0.29) is 0 Å². The van der Waals surface area contributed by atoms with Gasteiger partial charge in [-0.05, 0) is 30.1 Å². The Labute approximate surface area is 51.3 Å². The van der Waals surface area contributed by atoms with Crippen molar-refractivity contribution in [3.05, 3.63) is 0 Å². The lowest BCUT2D eigenvalue weighted by atomic mass is 9.41. The van der Waals surface area contributed by atoms with Crippen LogP contribution in [0.4, 0.5) is 0 Å². The van der Waals surface area contributed by atoms with E-state index >= 15 is 0 Å². The molecule has 8 heavy (non-hydrogen) atoms. The summed E-state index contributed by atoms with van der Waals surface area (Å²) in [6.45, 7) is 4.74. The Hall–Kier alpha value is 0. The fraction of sp³-hybridized carbons (Fsp3) is 1.00. The van der Waals surface area contributed by atoms with E-state index < -0.39 is 0 Å². The van der Waals surface area contributed by atoms with Crippen molar-refractivity contribution in [1.82, 2.24) is 0 Å². The van der Waals surface area contributed by atoms with Crippen LogP contribution in [0, 0.1) is 23.7 Å². The molecule has 0 N–H and O–H groups in total. The highest BCUT2D eigenvalue weighted by Gasteiger charge is 2.57. The van der Waals surface area contributed by atoms with E-state index in [4.69, 9.17) is 0 Å². The normalized spacial score (nSPS) is 59.2. The van der Waals surface area contributed by atoms with Crippen molar-refractivity contribution in [3.8, 4) is 0 Å². The summed E-state index contributed by atoms with van der Waals surface area (Å²) >= 11 is 0. The zero-order valence-electron chi connectivity index (χ0n) is 5.72. The van der Waals surface area contributed by atoms with Crippen LogP contribution in [0.3, 0.4) is 0 Å². The topological polar surface area (TPSA) is 0 Å². The SMILES string of the molecule is CCC1C2CC1C2C. The first kappa shape index (κ1) is 4.84. The summed E-state index contributed by atoms with van der Waals surface area (Å²) in [5, 5.41) is 0. The van der Waals surface area contributed by atoms with Gasteiger partial charge in [0.1, 0.15) is 0 Å². The van der Waals surface area contributed by atoms with Crippen LogP contribution in [0.25, 0.3) is 0 Å². The molecule has 2 atom stereocenters. The van der Waals surface area contributed by atoms with Gasteiger partial charge in [-0.1, -0.05) is 20.3 Å². The lowest BCUT2D eigenvalue weighted by molar-refractivity contribution is -0.153. The van der Waals surface area contributed by atoms with E-state index in [1.165, 1.54) is 6.42 Å². The van der Waals surface area contributed by atoms with Gasteiger partial charge in [0.15, 0.2) is 0 Å². The Balaban J connectivity index is 1.95. The number of rotatable bonds is 1. The average Bonchev–Trinajstić information content (AvgIpc) is 1.62. The van der Waals surface area contributed by atoms with Gasteiger partial charge in [-0.25, -0.2) is 0 Å². The molecule has 0 aromatic carbocycles. The molecule has 3 aliphatic carbocycles. The molecule has 0 heterocycles. The van der Waals surface area contributed by atoms with Crippen molar-refractivity contribution in [2.45, 2.75) is 26.7 Å². The predicted octanol–water partition coefficient (Wildman–Crippen LogP) is 2.30. The summed E-state index contributed by atoms with van der Waals surface area (Å²) < 4.78 is 0. The molecule has 46 valence electrons. The van der Waals surface area contributed by atoms with Crippen LogP contribution < -0.4 is 0 Å². The van der Waals surface area contributed by atoms with Gasteiger partial charge in [0.2, 0.25) is 0 Å². The highest BCUT2D eigenvalue weighted by molar-refractivity contribution is 5.05. The third kappa shape index (κ3) is 0.310. The van der Waals surface area contributed by atoms with Crippen LogP contribution in [-0.2, 0) is 0 Å². The second kappa shape index (κ2) is 1.29. The van der Waals surface area contributed by atoms with Crippen molar-refractivity contribution in [1.29, 1.82) is 0 Å². The molecule has 3 aliphatic rings. The second-order valence-corrected chi connectivity index (χ2v) is 3.49. The van der Waals surface area contributed by atoms with Gasteiger partial charge in [-0.3, -0.25) is 0 Å². The Kier molecular flexibility index (Phi) is 0.778. The first-order valence-corrected chi connectivity index (χ1v) is 3.84. The van der Waals surface area contributed by atoms with Crippen LogP contribution >= 0.6 is 0 Å². The minimum Gasteiger partial charge on any atom is -0.0651 e. The third-order valence-electron chi connectivity index (χ3n) is 3.47. The molecule has 0 radical (unpaired) electrons. The minimum atomic E-state index is 1.11. The molecule has 0 heteroatoms. The molecule has 0 saturated heterocycles. The van der Waals surface area contributed by atoms with Crippen molar-refractivity contribution in [2.75, 3.05) is 0 Å². The molecule has 0 nitrogen and oxygen atoms in total. The molecule has 0 aromatic heterocycles. The maximum absolute atomic E-state index is 2.41. The van der Waals surface area contributed by atoms with Crippen molar-refractivity contribution < 1.29 is 0 Å². The van der Waals surface area contributed by atoms with Gasteiger partial charge < -0.3 is 0 Å². The first-order valence-electron chi connectivity index (χ1n) is 3.84. The average molecular weight is 110 g/mol. The van der Waals surface area contributed by atoms with Gasteiger partial charge in [0.25, 0.3) is 0 Å². The second-order valence-electron chi connectivity index (χ2n) is 3.49. The van der Waals surface area contributed by atoms with Crippen LogP contribution in [0.1, 0.15) is 26.7 Å². The van der Waals surface area contributed by atoms with Crippen LogP contribution in [0.15, 0.2) is 0 Å². The molecule has 2 bridgehead atoms. The molecule has 0 amide bonds. The number of hydrogen-bond donors (Lipinski definition) is 0. The van der Waals surface area contributed by atoms with E-state index in [1.54, 1.807) is 6.42 Å². The summed E-state index contributed by atoms with van der Waals surface area (Å²) in [4.78, 5) is 0. The van der Waals surface area contributed by atoms with Crippen LogP contribution in [0.5, 0.6) is 0 Å². The molecule has 0 aromatic rings. The maximum Gasteiger partial charge on any atom is -0.0352 e. The predicted molar refractivity (Wildman–Crippen MR) is 34.5 cm³/mol. The Morgan fingerprint density at radius 3 is 2.12 bits per heavy atom. The largest absolute Gasteiger partial charge is 0.0651 e. The van der Waals surface area contributed by atoms with Crippen molar-refractivity contribution in [3.63, 3.8) is 0 Å². The van der Waals surface area contributed by atoms with E-state index in [1.807, 2.05) is 0 Å². The molecule has 0 aliphatic heterocycles. The smallest absolute Gasteiger partial charge is 0.0352 e. The maximum atomic E-state index is 2.41. The van der Waals surface area contributed by atoms with E-state index in [9.17, 15) is 0 Å². The Morgan fingerprint density at radius 2 is 2.00 bits per heavy atom. The van der Waals surface area contributed by atoms with Gasteiger partial charge in [0.05, 0.1) is 0 Å². The highest BCUT2D eigenvalue weighted by Crippen LogP contribution is 2.63. The summed E-state index contributed by atoms with van der Waals surface area (Å²) in [6.07, 6.45) is 3.01. The minimum absolute atomic E-state index is 1.11. The zero-order chi connectivity index (χ0) is 5.72. The Morgan fingerprint density at radius 1 is 1.38 bits per heavy atom. The van der Waals surface area contributed by atoms with E-state index in [2.05, 4.69) is 13.8 Å². The summed E-state index contributed by atoms with van der Waals surface area (Å²) in [5.74, 6) is 4.58. The van der Waals surface area contributed by atoms with Gasteiger partial charge in [-0.15, -0.1) is 0 Å². The summed E-state index contributed by atoms with van der Waals surface area (Å²) in [6, 6.07) is 0.